The summed E-state index contributed by atoms with van der Waals surface area (Å²) in [7, 11) is 0. The molecule has 0 heterocycles. The lowest BCUT2D eigenvalue weighted by Crippen LogP contribution is -2.07. The van der Waals surface area contributed by atoms with E-state index < -0.39 is 0 Å². The lowest BCUT2D eigenvalue weighted by molar-refractivity contribution is 0.0527. The van der Waals surface area contributed by atoms with Crippen molar-refractivity contribution >= 4 is 28.9 Å². The quantitative estimate of drug-likeness (QED) is 0.847. The van der Waals surface area contributed by atoms with Gasteiger partial charge in [-0.3, -0.25) is 0 Å². The third-order valence-corrected chi connectivity index (χ3v) is 2.76. The van der Waals surface area contributed by atoms with Crippen molar-refractivity contribution in [3.05, 3.63) is 59.1 Å². The van der Waals surface area contributed by atoms with E-state index in [1.54, 1.807) is 31.2 Å². The van der Waals surface area contributed by atoms with E-state index in [0.717, 1.165) is 5.69 Å². The van der Waals surface area contributed by atoms with Crippen LogP contribution in [0.25, 0.3) is 0 Å². The van der Waals surface area contributed by atoms with E-state index in [-0.39, 0.29) is 5.97 Å². The van der Waals surface area contributed by atoms with Gasteiger partial charge >= 0.3 is 5.97 Å². The molecule has 4 heteroatoms. The van der Waals surface area contributed by atoms with Gasteiger partial charge in [0.2, 0.25) is 0 Å². The Hall–Kier alpha value is -2.00. The summed E-state index contributed by atoms with van der Waals surface area (Å²) in [4.78, 5) is 11.8. The van der Waals surface area contributed by atoms with Gasteiger partial charge in [-0.1, -0.05) is 29.8 Å². The molecule has 19 heavy (non-hydrogen) atoms. The first-order chi connectivity index (χ1) is 9.20. The molecule has 0 amide bonds. The van der Waals surface area contributed by atoms with Gasteiger partial charge in [0.1, 0.15) is 0 Å². The number of benzene rings is 2. The maximum atomic E-state index is 11.8. The van der Waals surface area contributed by atoms with Crippen LogP contribution >= 0.6 is 11.6 Å². The lowest BCUT2D eigenvalue weighted by atomic mass is 10.1. The number of carbonyl (C=O) groups excluding carboxylic acids is 1. The van der Waals surface area contributed by atoms with E-state index in [4.69, 9.17) is 16.3 Å². The van der Waals surface area contributed by atoms with E-state index in [2.05, 4.69) is 5.32 Å². The Balaban J connectivity index is 2.27. The largest absolute Gasteiger partial charge is 0.462 e. The first kappa shape index (κ1) is 13.4. The highest BCUT2D eigenvalue weighted by atomic mass is 35.5. The van der Waals surface area contributed by atoms with Crippen molar-refractivity contribution in [2.24, 2.45) is 0 Å². The van der Waals surface area contributed by atoms with Gasteiger partial charge in [-0.05, 0) is 37.3 Å². The maximum Gasteiger partial charge on any atom is 0.340 e. The Bertz CT molecular complexity index is 584. The van der Waals surface area contributed by atoms with Crippen molar-refractivity contribution in [3.8, 4) is 0 Å². The fourth-order valence-electron chi connectivity index (χ4n) is 1.70. The van der Waals surface area contributed by atoms with Gasteiger partial charge in [0.15, 0.2) is 0 Å². The minimum Gasteiger partial charge on any atom is -0.462 e. The average molecular weight is 276 g/mol. The molecular weight excluding hydrogens is 262 g/mol. The Kier molecular flexibility index (Phi) is 4.42. The van der Waals surface area contributed by atoms with Crippen molar-refractivity contribution in [2.75, 3.05) is 11.9 Å². The first-order valence-corrected chi connectivity index (χ1v) is 6.37. The monoisotopic (exact) mass is 275 g/mol. The zero-order chi connectivity index (χ0) is 13.7. The molecule has 0 unspecified atom stereocenters. The van der Waals surface area contributed by atoms with E-state index in [1.807, 2.05) is 24.3 Å². The van der Waals surface area contributed by atoms with E-state index in [9.17, 15) is 4.79 Å². The van der Waals surface area contributed by atoms with Crippen molar-refractivity contribution in [3.63, 3.8) is 0 Å². The number of carbonyl (C=O) groups is 1. The van der Waals surface area contributed by atoms with Gasteiger partial charge in [-0.2, -0.15) is 0 Å². The van der Waals surface area contributed by atoms with Crippen molar-refractivity contribution < 1.29 is 9.53 Å². The number of anilines is 2. The highest BCUT2D eigenvalue weighted by molar-refractivity contribution is 6.30. The lowest BCUT2D eigenvalue weighted by Gasteiger charge is -2.11. The number of hydrogen-bond donors (Lipinski definition) is 1. The molecule has 0 bridgehead atoms. The van der Waals surface area contributed by atoms with Crippen molar-refractivity contribution in [1.29, 1.82) is 0 Å². The molecule has 0 atom stereocenters. The molecule has 1 N–H and O–H groups in total. The summed E-state index contributed by atoms with van der Waals surface area (Å²) in [5.74, 6) is -0.340. The van der Waals surface area contributed by atoms with Gasteiger partial charge in [0.05, 0.1) is 17.9 Å². The molecule has 0 aliphatic heterocycles. The Labute approximate surface area is 117 Å². The highest BCUT2D eigenvalue weighted by Crippen LogP contribution is 2.23. The predicted octanol–water partition coefficient (Wildman–Crippen LogP) is 4.26. The second-order valence-corrected chi connectivity index (χ2v) is 4.34. The van der Waals surface area contributed by atoms with E-state index in [1.165, 1.54) is 0 Å². The smallest absolute Gasteiger partial charge is 0.340 e. The molecular formula is C15H14ClNO2. The molecule has 0 aromatic heterocycles. The Morgan fingerprint density at radius 1 is 1.21 bits per heavy atom. The molecule has 0 fully saturated rings. The number of nitrogens with one attached hydrogen (secondary N) is 1. The molecule has 0 saturated carbocycles. The van der Waals surface area contributed by atoms with Crippen LogP contribution in [0.1, 0.15) is 17.3 Å². The molecule has 0 aliphatic carbocycles. The summed E-state index contributed by atoms with van der Waals surface area (Å²) in [6, 6.07) is 14.5. The minimum absolute atomic E-state index is 0.340. The van der Waals surface area contributed by atoms with Crippen LogP contribution in [0.4, 0.5) is 11.4 Å². The molecule has 0 saturated heterocycles. The van der Waals surface area contributed by atoms with Crippen LogP contribution < -0.4 is 5.32 Å². The van der Waals surface area contributed by atoms with E-state index >= 15 is 0 Å². The van der Waals surface area contributed by atoms with Crippen LogP contribution in [-0.2, 0) is 4.74 Å². The number of rotatable bonds is 4. The third-order valence-electron chi connectivity index (χ3n) is 2.53. The summed E-state index contributed by atoms with van der Waals surface area (Å²) in [5, 5.41) is 3.80. The molecule has 98 valence electrons. The second kappa shape index (κ2) is 6.25. The second-order valence-electron chi connectivity index (χ2n) is 3.90. The maximum absolute atomic E-state index is 11.8. The molecule has 2 aromatic carbocycles. The molecule has 2 aromatic rings. The Morgan fingerprint density at radius 2 is 2.00 bits per heavy atom. The van der Waals surface area contributed by atoms with Crippen LogP contribution in [-0.4, -0.2) is 12.6 Å². The Morgan fingerprint density at radius 3 is 2.74 bits per heavy atom. The first-order valence-electron chi connectivity index (χ1n) is 5.99. The van der Waals surface area contributed by atoms with E-state index in [0.29, 0.717) is 22.9 Å². The molecule has 0 aliphatic rings. The number of esters is 1. The van der Waals surface area contributed by atoms with Crippen molar-refractivity contribution in [2.45, 2.75) is 6.92 Å². The van der Waals surface area contributed by atoms with Gasteiger partial charge in [0.25, 0.3) is 0 Å². The van der Waals surface area contributed by atoms with Gasteiger partial charge in [-0.15, -0.1) is 0 Å². The zero-order valence-electron chi connectivity index (χ0n) is 10.5. The molecule has 0 radical (unpaired) electrons. The zero-order valence-corrected chi connectivity index (χ0v) is 11.3. The fourth-order valence-corrected chi connectivity index (χ4v) is 1.89. The fraction of sp³-hybridized carbons (Fsp3) is 0.133. The average Bonchev–Trinajstić information content (AvgIpc) is 2.39. The number of hydrogen-bond acceptors (Lipinski definition) is 3. The number of halogens is 1. The number of para-hydroxylation sites is 1. The van der Waals surface area contributed by atoms with Crippen molar-refractivity contribution in [1.82, 2.24) is 0 Å². The summed E-state index contributed by atoms with van der Waals surface area (Å²) >= 11 is 5.93. The van der Waals surface area contributed by atoms with Crippen LogP contribution in [0.15, 0.2) is 48.5 Å². The van der Waals surface area contributed by atoms with Crippen LogP contribution in [0.2, 0.25) is 5.02 Å². The van der Waals surface area contributed by atoms with Crippen LogP contribution in [0, 0.1) is 0 Å². The van der Waals surface area contributed by atoms with Crippen LogP contribution in [0.5, 0.6) is 0 Å². The van der Waals surface area contributed by atoms with Gasteiger partial charge < -0.3 is 10.1 Å². The predicted molar refractivity (Wildman–Crippen MR) is 77.1 cm³/mol. The molecule has 2 rings (SSSR count). The topological polar surface area (TPSA) is 38.3 Å². The van der Waals surface area contributed by atoms with Crippen LogP contribution in [0.3, 0.4) is 0 Å². The highest BCUT2D eigenvalue weighted by Gasteiger charge is 2.11. The third kappa shape index (κ3) is 3.48. The van der Waals surface area contributed by atoms with Gasteiger partial charge in [-0.25, -0.2) is 4.79 Å². The normalized spacial score (nSPS) is 10.0. The number of ether oxygens (including phenoxy) is 1. The standard InChI is InChI=1S/C15H14ClNO2/c1-2-19-15(18)13-8-3-4-9-14(13)17-12-7-5-6-11(16)10-12/h3-10,17H,2H2,1H3. The molecule has 3 nitrogen and oxygen atoms in total. The SMILES string of the molecule is CCOC(=O)c1ccccc1Nc1cccc(Cl)c1. The molecule has 0 spiro atoms. The summed E-state index contributed by atoms with van der Waals surface area (Å²) in [6.07, 6.45) is 0. The minimum atomic E-state index is -0.340. The summed E-state index contributed by atoms with van der Waals surface area (Å²) < 4.78 is 5.03. The van der Waals surface area contributed by atoms with Gasteiger partial charge in [0, 0.05) is 10.7 Å². The summed E-state index contributed by atoms with van der Waals surface area (Å²) in [6.45, 7) is 2.13. The summed E-state index contributed by atoms with van der Waals surface area (Å²) in [5.41, 5.74) is 2.02.